The zero-order chi connectivity index (χ0) is 22.0. The summed E-state index contributed by atoms with van der Waals surface area (Å²) in [4.78, 5) is 27.4. The smallest absolute Gasteiger partial charge is 0.222 e. The molecule has 0 radical (unpaired) electrons. The molecular weight excluding hydrogens is 394 g/mol. The Morgan fingerprint density at radius 1 is 1.16 bits per heavy atom. The Labute approximate surface area is 184 Å². The van der Waals surface area contributed by atoms with Crippen molar-refractivity contribution >= 4 is 11.8 Å². The second-order valence-electron chi connectivity index (χ2n) is 9.53. The third-order valence-electron chi connectivity index (χ3n) is 6.61. The van der Waals surface area contributed by atoms with Crippen molar-refractivity contribution in [2.24, 2.45) is 11.8 Å². The fourth-order valence-corrected chi connectivity index (χ4v) is 5.08. The van der Waals surface area contributed by atoms with Crippen molar-refractivity contribution in [3.8, 4) is 5.75 Å². The first kappa shape index (κ1) is 22.1. The highest BCUT2D eigenvalue weighted by Gasteiger charge is 2.51. The zero-order valence-corrected chi connectivity index (χ0v) is 18.8. The van der Waals surface area contributed by atoms with Crippen molar-refractivity contribution in [1.29, 1.82) is 0 Å². The molecule has 1 aromatic rings. The normalized spacial score (nSPS) is 27.9. The molecule has 0 bridgehead atoms. The highest BCUT2D eigenvalue weighted by atomic mass is 16.5. The van der Waals surface area contributed by atoms with Crippen LogP contribution in [0, 0.1) is 11.8 Å². The van der Waals surface area contributed by atoms with Crippen LogP contribution in [0.3, 0.4) is 0 Å². The van der Waals surface area contributed by atoms with Gasteiger partial charge in [-0.05, 0) is 50.3 Å². The van der Waals surface area contributed by atoms with Gasteiger partial charge in [-0.1, -0.05) is 12.1 Å². The Morgan fingerprint density at radius 3 is 2.55 bits per heavy atom. The monoisotopic (exact) mass is 429 g/mol. The maximum Gasteiger partial charge on any atom is 0.222 e. The highest BCUT2D eigenvalue weighted by molar-refractivity contribution is 5.77. The van der Waals surface area contributed by atoms with Crippen LogP contribution in [0.2, 0.25) is 0 Å². The molecule has 3 fully saturated rings. The summed E-state index contributed by atoms with van der Waals surface area (Å²) in [5.74, 6) is 1.39. The summed E-state index contributed by atoms with van der Waals surface area (Å²) < 4.78 is 11.4. The highest BCUT2D eigenvalue weighted by Crippen LogP contribution is 2.42. The summed E-state index contributed by atoms with van der Waals surface area (Å²) in [5.41, 5.74) is 1.21. The molecule has 2 saturated heterocycles. The molecule has 2 heterocycles. The Morgan fingerprint density at radius 2 is 1.90 bits per heavy atom. The number of hydrogen-bond acceptors (Lipinski definition) is 5. The van der Waals surface area contributed by atoms with Gasteiger partial charge in [-0.3, -0.25) is 14.5 Å². The SMILES string of the molecule is COc1ccc(CN2C[C@@H](CC(=O)NC3CC3)[C@H]3[C@H](CC(=O)NC(C)C)OC[C@H]32)cc1. The molecule has 2 aliphatic heterocycles. The third kappa shape index (κ3) is 5.57. The molecule has 0 aromatic heterocycles. The molecular formula is C24H35N3O4. The lowest BCUT2D eigenvalue weighted by atomic mass is 9.84. The number of carbonyl (C=O) groups is 2. The molecule has 0 unspecified atom stereocenters. The third-order valence-corrected chi connectivity index (χ3v) is 6.61. The molecule has 2 N–H and O–H groups in total. The molecule has 7 heteroatoms. The van der Waals surface area contributed by atoms with Gasteiger partial charge in [0.15, 0.2) is 0 Å². The van der Waals surface area contributed by atoms with Crippen molar-refractivity contribution in [2.75, 3.05) is 20.3 Å². The van der Waals surface area contributed by atoms with E-state index in [0.29, 0.717) is 25.5 Å². The van der Waals surface area contributed by atoms with Gasteiger partial charge in [-0.15, -0.1) is 0 Å². The van der Waals surface area contributed by atoms with Crippen LogP contribution in [0.5, 0.6) is 5.75 Å². The predicted octanol–water partition coefficient (Wildman–Crippen LogP) is 2.09. The van der Waals surface area contributed by atoms with E-state index in [-0.39, 0.29) is 41.8 Å². The number of likely N-dealkylation sites (tertiary alicyclic amines) is 1. The minimum atomic E-state index is -0.136. The van der Waals surface area contributed by atoms with Crippen molar-refractivity contribution in [2.45, 2.75) is 70.3 Å². The van der Waals surface area contributed by atoms with Gasteiger partial charge in [0.05, 0.1) is 26.2 Å². The molecule has 4 rings (SSSR count). The van der Waals surface area contributed by atoms with E-state index in [0.717, 1.165) is 31.7 Å². The lowest BCUT2D eigenvalue weighted by Gasteiger charge is -2.23. The van der Waals surface area contributed by atoms with E-state index < -0.39 is 0 Å². The number of benzene rings is 1. The fraction of sp³-hybridized carbons (Fsp3) is 0.667. The molecule has 1 aromatic carbocycles. The largest absolute Gasteiger partial charge is 0.497 e. The number of ether oxygens (including phenoxy) is 2. The molecule has 1 aliphatic carbocycles. The van der Waals surface area contributed by atoms with Crippen LogP contribution in [-0.4, -0.2) is 61.2 Å². The number of nitrogens with one attached hydrogen (secondary N) is 2. The lowest BCUT2D eigenvalue weighted by molar-refractivity contribution is -0.124. The van der Waals surface area contributed by atoms with E-state index in [9.17, 15) is 9.59 Å². The quantitative estimate of drug-likeness (QED) is 0.628. The summed E-state index contributed by atoms with van der Waals surface area (Å²) in [5, 5.41) is 6.11. The number of carbonyl (C=O) groups excluding carboxylic acids is 2. The van der Waals surface area contributed by atoms with E-state index in [4.69, 9.17) is 9.47 Å². The Balaban J connectivity index is 1.45. The standard InChI is InChI=1S/C24H35N3O4/c1-15(2)25-23(29)11-21-24-17(10-22(28)26-18-6-7-18)13-27(20(24)14-31-21)12-16-4-8-19(30-3)9-5-16/h4-5,8-9,15,17-18,20-21,24H,6-7,10-14H2,1-3H3,(H,25,29)(H,26,28)/t17-,20-,21+,24-/m1/s1. The maximum atomic E-state index is 12.6. The molecule has 1 saturated carbocycles. The summed E-state index contributed by atoms with van der Waals surface area (Å²) in [6.07, 6.45) is 2.91. The average Bonchev–Trinajstić information content (AvgIpc) is 3.33. The van der Waals surface area contributed by atoms with Crippen LogP contribution in [0.1, 0.15) is 45.1 Å². The second kappa shape index (κ2) is 9.57. The first-order valence-electron chi connectivity index (χ1n) is 11.5. The van der Waals surface area contributed by atoms with Gasteiger partial charge in [-0.25, -0.2) is 0 Å². The van der Waals surface area contributed by atoms with Gasteiger partial charge in [0.2, 0.25) is 11.8 Å². The minimum Gasteiger partial charge on any atom is -0.497 e. The zero-order valence-electron chi connectivity index (χ0n) is 18.8. The van der Waals surface area contributed by atoms with Gasteiger partial charge in [-0.2, -0.15) is 0 Å². The number of nitrogens with zero attached hydrogens (tertiary/aromatic N) is 1. The van der Waals surface area contributed by atoms with Crippen LogP contribution in [-0.2, 0) is 20.9 Å². The molecule has 31 heavy (non-hydrogen) atoms. The van der Waals surface area contributed by atoms with E-state index in [2.05, 4.69) is 27.7 Å². The predicted molar refractivity (Wildman–Crippen MR) is 118 cm³/mol. The van der Waals surface area contributed by atoms with E-state index in [1.807, 2.05) is 26.0 Å². The number of amides is 2. The fourth-order valence-electron chi connectivity index (χ4n) is 5.08. The Hall–Kier alpha value is -2.12. The van der Waals surface area contributed by atoms with Crippen LogP contribution >= 0.6 is 0 Å². The molecule has 170 valence electrons. The number of hydrogen-bond donors (Lipinski definition) is 2. The molecule has 2 amide bonds. The summed E-state index contributed by atoms with van der Waals surface area (Å²) in [6.45, 7) is 6.20. The molecule has 4 atom stereocenters. The summed E-state index contributed by atoms with van der Waals surface area (Å²) in [7, 11) is 1.67. The molecule has 3 aliphatic rings. The minimum absolute atomic E-state index is 0.0236. The van der Waals surface area contributed by atoms with Crippen LogP contribution in [0.4, 0.5) is 0 Å². The van der Waals surface area contributed by atoms with E-state index in [1.54, 1.807) is 7.11 Å². The van der Waals surface area contributed by atoms with Crippen LogP contribution in [0.25, 0.3) is 0 Å². The summed E-state index contributed by atoms with van der Waals surface area (Å²) in [6, 6.07) is 8.85. The van der Waals surface area contributed by atoms with Gasteiger partial charge < -0.3 is 20.1 Å². The number of methoxy groups -OCH3 is 1. The number of rotatable bonds is 9. The average molecular weight is 430 g/mol. The topological polar surface area (TPSA) is 79.9 Å². The second-order valence-corrected chi connectivity index (χ2v) is 9.53. The van der Waals surface area contributed by atoms with Crippen LogP contribution in [0.15, 0.2) is 24.3 Å². The first-order valence-corrected chi connectivity index (χ1v) is 11.5. The van der Waals surface area contributed by atoms with Gasteiger partial charge >= 0.3 is 0 Å². The van der Waals surface area contributed by atoms with Gasteiger partial charge in [0.25, 0.3) is 0 Å². The first-order chi connectivity index (χ1) is 14.9. The van der Waals surface area contributed by atoms with E-state index in [1.165, 1.54) is 5.56 Å². The van der Waals surface area contributed by atoms with Crippen LogP contribution < -0.4 is 15.4 Å². The van der Waals surface area contributed by atoms with E-state index >= 15 is 0 Å². The number of fused-ring (bicyclic) bond motifs is 1. The van der Waals surface area contributed by atoms with Crippen molar-refractivity contribution in [3.05, 3.63) is 29.8 Å². The van der Waals surface area contributed by atoms with Crippen molar-refractivity contribution in [3.63, 3.8) is 0 Å². The molecule has 7 nitrogen and oxygen atoms in total. The summed E-state index contributed by atoms with van der Waals surface area (Å²) >= 11 is 0. The Bertz CT molecular complexity index is 778. The van der Waals surface area contributed by atoms with Gasteiger partial charge in [0, 0.05) is 43.6 Å². The maximum absolute atomic E-state index is 12.6. The van der Waals surface area contributed by atoms with Crippen molar-refractivity contribution < 1.29 is 19.1 Å². The molecule has 0 spiro atoms. The Kier molecular flexibility index (Phi) is 6.82. The van der Waals surface area contributed by atoms with Gasteiger partial charge in [0.1, 0.15) is 5.75 Å². The van der Waals surface area contributed by atoms with Crippen molar-refractivity contribution in [1.82, 2.24) is 15.5 Å². The lowest BCUT2D eigenvalue weighted by Crippen LogP contribution is -2.37.